The smallest absolute Gasteiger partial charge is 0.338 e. The van der Waals surface area contributed by atoms with Crippen LogP contribution in [0.15, 0.2) is 65.2 Å². The third kappa shape index (κ3) is 4.91. The minimum atomic E-state index is -0.399. The average molecular weight is 465 g/mol. The standard InChI is InChI=1S/C25H28N4O3S/c1-28(2)15-8-16-29-23(22(27-25(29)33)19-11-6-7-14-26-19)21-13-12-20(32-21)17-9-4-5-10-18(17)24(30)31-3/h4-7,9-14,22-23H,8,15-16H2,1-3H3,(H,27,33)/t22-,23-/m0/s1. The normalized spacial score (nSPS) is 17.9. The Labute approximate surface area is 199 Å². The lowest BCUT2D eigenvalue weighted by Gasteiger charge is -2.26. The lowest BCUT2D eigenvalue weighted by molar-refractivity contribution is 0.0601. The second-order valence-electron chi connectivity index (χ2n) is 8.22. The zero-order chi connectivity index (χ0) is 23.4. The van der Waals surface area contributed by atoms with Gasteiger partial charge in [0.15, 0.2) is 5.11 Å². The Balaban J connectivity index is 1.70. The number of furan rings is 1. The molecule has 4 rings (SSSR count). The summed E-state index contributed by atoms with van der Waals surface area (Å²) in [5.41, 5.74) is 2.05. The lowest BCUT2D eigenvalue weighted by Crippen LogP contribution is -2.32. The molecule has 0 aliphatic carbocycles. The maximum atomic E-state index is 12.3. The molecule has 0 unspecified atom stereocenters. The van der Waals surface area contributed by atoms with E-state index in [1.54, 1.807) is 12.3 Å². The number of hydrogen-bond acceptors (Lipinski definition) is 6. The van der Waals surface area contributed by atoms with Crippen molar-refractivity contribution < 1.29 is 13.9 Å². The number of pyridine rings is 1. The first-order valence-corrected chi connectivity index (χ1v) is 11.3. The van der Waals surface area contributed by atoms with Gasteiger partial charge in [-0.25, -0.2) is 4.79 Å². The van der Waals surface area contributed by atoms with Gasteiger partial charge in [0.25, 0.3) is 0 Å². The number of nitrogens with zero attached hydrogens (tertiary/aromatic N) is 3. The highest BCUT2D eigenvalue weighted by atomic mass is 32.1. The van der Waals surface area contributed by atoms with Crippen LogP contribution in [0.2, 0.25) is 0 Å². The van der Waals surface area contributed by atoms with E-state index in [0.29, 0.717) is 22.0 Å². The first-order chi connectivity index (χ1) is 16.0. The van der Waals surface area contributed by atoms with Crippen molar-refractivity contribution in [3.63, 3.8) is 0 Å². The van der Waals surface area contributed by atoms with E-state index in [1.807, 2.05) is 48.5 Å². The number of thiocarbonyl (C=S) groups is 1. The summed E-state index contributed by atoms with van der Waals surface area (Å²) in [6, 6.07) is 16.7. The molecule has 8 heteroatoms. The third-order valence-electron chi connectivity index (χ3n) is 5.72. The first kappa shape index (κ1) is 22.9. The number of methoxy groups -OCH3 is 1. The van der Waals surface area contributed by atoms with E-state index < -0.39 is 5.97 Å². The number of benzene rings is 1. The topological polar surface area (TPSA) is 70.8 Å². The van der Waals surface area contributed by atoms with Gasteiger partial charge in [0.1, 0.15) is 17.6 Å². The molecule has 2 atom stereocenters. The monoisotopic (exact) mass is 464 g/mol. The fraction of sp³-hybridized carbons (Fsp3) is 0.320. The highest BCUT2D eigenvalue weighted by Crippen LogP contribution is 2.40. The van der Waals surface area contributed by atoms with Crippen LogP contribution in [0.25, 0.3) is 11.3 Å². The molecule has 1 fully saturated rings. The predicted octanol–water partition coefficient (Wildman–Crippen LogP) is 4.05. The Bertz CT molecular complexity index is 1120. The molecular formula is C25H28N4O3S. The van der Waals surface area contributed by atoms with Gasteiger partial charge in [-0.2, -0.15) is 0 Å². The quantitative estimate of drug-likeness (QED) is 0.396. The molecule has 33 heavy (non-hydrogen) atoms. The number of hydrogen-bond donors (Lipinski definition) is 1. The average Bonchev–Trinajstić information content (AvgIpc) is 3.44. The zero-order valence-electron chi connectivity index (χ0n) is 19.0. The maximum Gasteiger partial charge on any atom is 0.338 e. The van der Waals surface area contributed by atoms with Gasteiger partial charge >= 0.3 is 5.97 Å². The third-order valence-corrected chi connectivity index (χ3v) is 6.07. The molecule has 2 aromatic heterocycles. The summed E-state index contributed by atoms with van der Waals surface area (Å²) in [6.07, 6.45) is 2.74. The van der Waals surface area contributed by atoms with Gasteiger partial charge in [0.2, 0.25) is 0 Å². The molecule has 0 bridgehead atoms. The molecule has 0 radical (unpaired) electrons. The summed E-state index contributed by atoms with van der Waals surface area (Å²) in [6.45, 7) is 1.74. The van der Waals surface area contributed by atoms with Gasteiger partial charge in [-0.1, -0.05) is 24.3 Å². The van der Waals surface area contributed by atoms with Crippen LogP contribution in [0, 0.1) is 0 Å². The second-order valence-corrected chi connectivity index (χ2v) is 8.60. The lowest BCUT2D eigenvalue weighted by atomic mass is 10.0. The SMILES string of the molecule is COC(=O)c1ccccc1-c1ccc([C@H]2[C@H](c3ccccn3)NC(=S)N2CCCN(C)C)o1. The highest BCUT2D eigenvalue weighted by Gasteiger charge is 2.41. The summed E-state index contributed by atoms with van der Waals surface area (Å²) < 4.78 is 11.3. The number of rotatable bonds is 8. The molecule has 3 heterocycles. The van der Waals surface area contributed by atoms with E-state index in [2.05, 4.69) is 34.2 Å². The minimum Gasteiger partial charge on any atom is -0.465 e. The zero-order valence-corrected chi connectivity index (χ0v) is 19.8. The van der Waals surface area contributed by atoms with Crippen molar-refractivity contribution in [2.45, 2.75) is 18.5 Å². The van der Waals surface area contributed by atoms with Gasteiger partial charge in [-0.15, -0.1) is 0 Å². The van der Waals surface area contributed by atoms with Gasteiger partial charge in [0, 0.05) is 18.3 Å². The fourth-order valence-corrected chi connectivity index (χ4v) is 4.49. The Morgan fingerprint density at radius 2 is 1.97 bits per heavy atom. The van der Waals surface area contributed by atoms with Crippen LogP contribution in [0.3, 0.4) is 0 Å². The van der Waals surface area contributed by atoms with E-state index in [4.69, 9.17) is 21.4 Å². The Morgan fingerprint density at radius 1 is 1.18 bits per heavy atom. The van der Waals surface area contributed by atoms with E-state index in [-0.39, 0.29) is 12.1 Å². The van der Waals surface area contributed by atoms with Crippen molar-refractivity contribution in [2.75, 3.05) is 34.3 Å². The van der Waals surface area contributed by atoms with Gasteiger partial charge in [-0.05, 0) is 69.6 Å². The summed E-state index contributed by atoms with van der Waals surface area (Å²) in [7, 11) is 5.50. The number of ether oxygens (including phenoxy) is 1. The molecule has 0 spiro atoms. The molecule has 172 valence electrons. The molecule has 0 amide bonds. The first-order valence-electron chi connectivity index (χ1n) is 10.9. The highest BCUT2D eigenvalue weighted by molar-refractivity contribution is 7.80. The molecule has 1 aromatic carbocycles. The number of carbonyl (C=O) groups excluding carboxylic acids is 1. The van der Waals surface area contributed by atoms with Crippen molar-refractivity contribution in [3.05, 3.63) is 77.8 Å². The van der Waals surface area contributed by atoms with Crippen LogP contribution < -0.4 is 5.32 Å². The number of nitrogens with one attached hydrogen (secondary N) is 1. The van der Waals surface area contributed by atoms with Crippen molar-refractivity contribution in [1.82, 2.24) is 20.1 Å². The summed E-state index contributed by atoms with van der Waals surface area (Å²) in [4.78, 5) is 21.2. The van der Waals surface area contributed by atoms with Gasteiger partial charge in [-0.3, -0.25) is 4.98 Å². The van der Waals surface area contributed by atoms with Gasteiger partial charge < -0.3 is 24.3 Å². The van der Waals surface area contributed by atoms with Crippen LogP contribution in [0.4, 0.5) is 0 Å². The molecule has 1 aliphatic rings. The largest absolute Gasteiger partial charge is 0.465 e. The van der Waals surface area contributed by atoms with Crippen LogP contribution in [-0.4, -0.2) is 60.2 Å². The summed E-state index contributed by atoms with van der Waals surface area (Å²) >= 11 is 5.72. The van der Waals surface area contributed by atoms with Crippen LogP contribution in [0.1, 0.15) is 40.3 Å². The molecular weight excluding hydrogens is 436 g/mol. The predicted molar refractivity (Wildman–Crippen MR) is 131 cm³/mol. The fourth-order valence-electron chi connectivity index (χ4n) is 4.16. The number of aromatic nitrogens is 1. The molecule has 1 aliphatic heterocycles. The molecule has 3 aromatic rings. The van der Waals surface area contributed by atoms with E-state index in [0.717, 1.165) is 31.0 Å². The molecule has 1 saturated heterocycles. The Morgan fingerprint density at radius 3 is 2.70 bits per heavy atom. The Hall–Kier alpha value is -3.23. The number of esters is 1. The van der Waals surface area contributed by atoms with Crippen molar-refractivity contribution >= 4 is 23.3 Å². The van der Waals surface area contributed by atoms with Crippen LogP contribution in [-0.2, 0) is 4.74 Å². The molecule has 1 N–H and O–H groups in total. The minimum absolute atomic E-state index is 0.145. The van der Waals surface area contributed by atoms with E-state index in [1.165, 1.54) is 7.11 Å². The van der Waals surface area contributed by atoms with Crippen molar-refractivity contribution in [1.29, 1.82) is 0 Å². The Kier molecular flexibility index (Phi) is 7.05. The summed E-state index contributed by atoms with van der Waals surface area (Å²) in [5, 5.41) is 4.12. The number of carbonyl (C=O) groups is 1. The summed E-state index contributed by atoms with van der Waals surface area (Å²) in [5.74, 6) is 0.971. The van der Waals surface area contributed by atoms with Crippen LogP contribution in [0.5, 0.6) is 0 Å². The van der Waals surface area contributed by atoms with Crippen molar-refractivity contribution in [3.8, 4) is 11.3 Å². The van der Waals surface area contributed by atoms with Gasteiger partial charge in [0.05, 0.1) is 24.4 Å². The van der Waals surface area contributed by atoms with E-state index >= 15 is 0 Å². The molecule has 0 saturated carbocycles. The van der Waals surface area contributed by atoms with E-state index in [9.17, 15) is 4.79 Å². The molecule has 7 nitrogen and oxygen atoms in total. The maximum absolute atomic E-state index is 12.3. The van der Waals surface area contributed by atoms with Crippen molar-refractivity contribution in [2.24, 2.45) is 0 Å². The van der Waals surface area contributed by atoms with Crippen LogP contribution >= 0.6 is 12.2 Å². The second kappa shape index (κ2) is 10.1.